The van der Waals surface area contributed by atoms with Crippen molar-refractivity contribution in [2.75, 3.05) is 0 Å². The van der Waals surface area contributed by atoms with E-state index in [2.05, 4.69) is 4.74 Å². The molecule has 23 heavy (non-hydrogen) atoms. The topological polar surface area (TPSA) is 76.2 Å². The minimum absolute atomic E-state index is 0.119. The van der Waals surface area contributed by atoms with Gasteiger partial charge in [-0.2, -0.15) is 5.26 Å². The summed E-state index contributed by atoms with van der Waals surface area (Å²) in [6, 6.07) is 3.53. The number of benzene rings is 1. The van der Waals surface area contributed by atoms with Crippen LogP contribution < -0.4 is 4.74 Å². The quantitative estimate of drug-likeness (QED) is 0.484. The number of ether oxygens (including phenoxy) is 1. The highest BCUT2D eigenvalue weighted by Crippen LogP contribution is 2.39. The van der Waals surface area contributed by atoms with Gasteiger partial charge < -0.3 is 4.74 Å². The van der Waals surface area contributed by atoms with Crippen molar-refractivity contribution in [2.24, 2.45) is 0 Å². The molecular weight excluding hydrogens is 320 g/mol. The third-order valence-electron chi connectivity index (χ3n) is 3.12. The normalized spacial score (nSPS) is 23.8. The molecule has 0 N–H and O–H groups in total. The second-order valence-electron chi connectivity index (χ2n) is 4.59. The van der Waals surface area contributed by atoms with E-state index in [9.17, 15) is 27.7 Å². The summed E-state index contributed by atoms with van der Waals surface area (Å²) in [5, 5.41) is 20.0. The lowest BCUT2D eigenvalue weighted by Gasteiger charge is -2.25. The maximum absolute atomic E-state index is 14.9. The predicted molar refractivity (Wildman–Crippen MR) is 70.5 cm³/mol. The summed E-state index contributed by atoms with van der Waals surface area (Å²) in [6.45, 7) is 0. The summed E-state index contributed by atoms with van der Waals surface area (Å²) >= 11 is 0. The third kappa shape index (κ3) is 3.31. The van der Waals surface area contributed by atoms with Crippen molar-refractivity contribution in [1.29, 1.82) is 5.26 Å². The van der Waals surface area contributed by atoms with Crippen molar-refractivity contribution in [1.82, 2.24) is 0 Å². The predicted octanol–water partition coefficient (Wildman–Crippen LogP) is 3.42. The van der Waals surface area contributed by atoms with Crippen LogP contribution in [-0.2, 0) is 0 Å². The van der Waals surface area contributed by atoms with Crippen LogP contribution in [0.3, 0.4) is 0 Å². The first-order valence-corrected chi connectivity index (χ1v) is 6.16. The van der Waals surface area contributed by atoms with Gasteiger partial charge in [-0.1, -0.05) is 24.3 Å². The zero-order chi connectivity index (χ0) is 17.3. The summed E-state index contributed by atoms with van der Waals surface area (Å²) in [7, 11) is 0. The molecule has 0 saturated heterocycles. The third-order valence-corrected chi connectivity index (χ3v) is 3.12. The van der Waals surface area contributed by atoms with Crippen molar-refractivity contribution < 1.29 is 27.2 Å². The Morgan fingerprint density at radius 1 is 1.39 bits per heavy atom. The van der Waals surface area contributed by atoms with Crippen molar-refractivity contribution in [3.63, 3.8) is 0 Å². The number of nitrogens with zero attached hydrogens (tertiary/aromatic N) is 2. The summed E-state index contributed by atoms with van der Waals surface area (Å²) < 4.78 is 55.3. The van der Waals surface area contributed by atoms with E-state index in [1.807, 2.05) is 0 Å². The Hall–Kier alpha value is -2.89. The second-order valence-corrected chi connectivity index (χ2v) is 4.59. The van der Waals surface area contributed by atoms with Crippen molar-refractivity contribution in [2.45, 2.75) is 18.1 Å². The number of allylic oxidation sites excluding steroid dienone is 2. The number of nitro groups is 1. The zero-order valence-corrected chi connectivity index (χ0v) is 11.2. The Kier molecular flexibility index (Phi) is 4.10. The zero-order valence-electron chi connectivity index (χ0n) is 11.2. The average Bonchev–Trinajstić information content (AvgIpc) is 2.45. The minimum atomic E-state index is -4.94. The maximum atomic E-state index is 14.9. The molecule has 1 aliphatic rings. The Bertz CT molecular complexity index is 736. The molecule has 0 heterocycles. The molecule has 120 valence electrons. The fourth-order valence-electron chi connectivity index (χ4n) is 2.18. The van der Waals surface area contributed by atoms with Crippen LogP contribution in [0.5, 0.6) is 5.75 Å². The van der Waals surface area contributed by atoms with Gasteiger partial charge in [0.25, 0.3) is 11.7 Å². The van der Waals surface area contributed by atoms with E-state index in [0.717, 1.165) is 30.4 Å². The highest BCUT2D eigenvalue weighted by atomic mass is 19.4. The molecule has 0 aliphatic heterocycles. The van der Waals surface area contributed by atoms with Gasteiger partial charge in [-0.3, -0.25) is 10.1 Å². The molecule has 2 rings (SSSR count). The van der Waals surface area contributed by atoms with E-state index < -0.39 is 34.3 Å². The molecule has 5 nitrogen and oxygen atoms in total. The van der Waals surface area contributed by atoms with Gasteiger partial charge in [0.15, 0.2) is 0 Å². The first kappa shape index (κ1) is 16.5. The fraction of sp³-hybridized carbons (Fsp3) is 0.214. The van der Waals surface area contributed by atoms with E-state index in [0.29, 0.717) is 0 Å². The first-order valence-electron chi connectivity index (χ1n) is 6.16. The van der Waals surface area contributed by atoms with Gasteiger partial charge in [-0.25, -0.2) is 4.39 Å². The van der Waals surface area contributed by atoms with Crippen LogP contribution in [0.4, 0.5) is 17.6 Å². The van der Waals surface area contributed by atoms with E-state index in [1.165, 1.54) is 18.2 Å². The highest BCUT2D eigenvalue weighted by molar-refractivity contribution is 5.79. The van der Waals surface area contributed by atoms with Crippen LogP contribution >= 0.6 is 0 Å². The molecule has 9 heteroatoms. The van der Waals surface area contributed by atoms with Crippen molar-refractivity contribution >= 4 is 5.57 Å². The van der Waals surface area contributed by atoms with Gasteiger partial charge in [0.2, 0.25) is 0 Å². The van der Waals surface area contributed by atoms with Gasteiger partial charge in [-0.15, -0.1) is 13.2 Å². The average molecular weight is 328 g/mol. The molecule has 0 aromatic heterocycles. The summed E-state index contributed by atoms with van der Waals surface area (Å²) in [4.78, 5) is 9.95. The number of alkyl halides is 4. The molecule has 2 atom stereocenters. The second kappa shape index (κ2) is 5.72. The number of halogens is 4. The number of hydrogen-bond acceptors (Lipinski definition) is 4. The lowest BCUT2D eigenvalue weighted by atomic mass is 9.81. The number of hydrogen-bond donors (Lipinski definition) is 0. The molecule has 0 saturated carbocycles. The lowest BCUT2D eigenvalue weighted by molar-refractivity contribution is -0.520. The van der Waals surface area contributed by atoms with Crippen molar-refractivity contribution in [3.05, 3.63) is 58.2 Å². The van der Waals surface area contributed by atoms with Gasteiger partial charge in [0.05, 0.1) is 0 Å². The minimum Gasteiger partial charge on any atom is -0.406 e. The fourth-order valence-corrected chi connectivity index (χ4v) is 2.18. The Morgan fingerprint density at radius 3 is 2.65 bits per heavy atom. The highest BCUT2D eigenvalue weighted by Gasteiger charge is 2.51. The standard InChI is InChI=1S/C14H8F4N2O3/c15-13(8-19)11(5-2-6-12(13)20(21)22)9-3-1-4-10(7-9)23-14(16,17)18/h1-7,12H. The number of rotatable bonds is 3. The molecular formula is C14H8F4N2O3. The molecule has 2 unspecified atom stereocenters. The molecule has 0 spiro atoms. The largest absolute Gasteiger partial charge is 0.573 e. The molecule has 0 fully saturated rings. The SMILES string of the molecule is N#CC1(F)C(c2cccc(OC(F)(F)F)c2)=CC=CC1[N+](=O)[O-]. The van der Waals surface area contributed by atoms with Crippen molar-refractivity contribution in [3.8, 4) is 11.8 Å². The van der Waals surface area contributed by atoms with Crippen LogP contribution in [-0.4, -0.2) is 23.0 Å². The van der Waals surface area contributed by atoms with Gasteiger partial charge in [0, 0.05) is 10.5 Å². The first-order chi connectivity index (χ1) is 10.7. The van der Waals surface area contributed by atoms with Crippen LogP contribution in [0.2, 0.25) is 0 Å². The summed E-state index contributed by atoms with van der Waals surface area (Å²) in [6.07, 6.45) is -1.75. The Labute approximate surface area is 127 Å². The monoisotopic (exact) mass is 328 g/mol. The molecule has 1 aromatic carbocycles. The molecule has 0 radical (unpaired) electrons. The van der Waals surface area contributed by atoms with Gasteiger partial charge >= 0.3 is 6.36 Å². The molecule has 1 aromatic rings. The maximum Gasteiger partial charge on any atom is 0.573 e. The van der Waals surface area contributed by atoms with Crippen LogP contribution in [0, 0.1) is 21.4 Å². The van der Waals surface area contributed by atoms with Crippen LogP contribution in [0.15, 0.2) is 42.5 Å². The van der Waals surface area contributed by atoms with Crippen LogP contribution in [0.25, 0.3) is 5.57 Å². The molecule has 1 aliphatic carbocycles. The smallest absolute Gasteiger partial charge is 0.406 e. The van der Waals surface area contributed by atoms with Gasteiger partial charge in [0.1, 0.15) is 11.8 Å². The van der Waals surface area contributed by atoms with E-state index >= 15 is 0 Å². The Balaban J connectivity index is 2.47. The molecule has 0 bridgehead atoms. The van der Waals surface area contributed by atoms with Crippen LogP contribution in [0.1, 0.15) is 5.56 Å². The number of nitriles is 1. The van der Waals surface area contributed by atoms with E-state index in [1.54, 1.807) is 0 Å². The van der Waals surface area contributed by atoms with E-state index in [4.69, 9.17) is 5.26 Å². The summed E-state index contributed by atoms with van der Waals surface area (Å²) in [5.41, 5.74) is -3.53. The Morgan fingerprint density at radius 2 is 2.09 bits per heavy atom. The molecule has 0 amide bonds. The summed E-state index contributed by atoms with van der Waals surface area (Å²) in [5.74, 6) is -0.622. The van der Waals surface area contributed by atoms with Gasteiger partial charge in [-0.05, 0) is 23.8 Å². The van der Waals surface area contributed by atoms with E-state index in [-0.39, 0.29) is 5.56 Å². The lowest BCUT2D eigenvalue weighted by Crippen LogP contribution is -2.43.